The van der Waals surface area contributed by atoms with Crippen LogP contribution in [0.4, 0.5) is 0 Å². The highest BCUT2D eigenvalue weighted by atomic mass is 35.5. The Morgan fingerprint density at radius 2 is 2.16 bits per heavy atom. The summed E-state index contributed by atoms with van der Waals surface area (Å²) in [6.07, 6.45) is 1.79. The van der Waals surface area contributed by atoms with Crippen LogP contribution in [0.1, 0.15) is 50.9 Å². The molecule has 0 fully saturated rings. The average Bonchev–Trinajstić information content (AvgIpc) is 3.02. The normalized spacial score (nSPS) is 12.0. The molecule has 1 heterocycles. The number of rotatable bonds is 9. The lowest BCUT2D eigenvalue weighted by atomic mass is 10.3. The van der Waals surface area contributed by atoms with Crippen LogP contribution in [0.5, 0.6) is 5.75 Å². The number of halogens is 2. The Bertz CT molecular complexity index is 706. The van der Waals surface area contributed by atoms with Gasteiger partial charge in [0.05, 0.1) is 11.6 Å². The highest BCUT2D eigenvalue weighted by Crippen LogP contribution is 2.27. The van der Waals surface area contributed by atoms with Crippen LogP contribution in [0, 0.1) is 0 Å². The Labute approximate surface area is 156 Å². The van der Waals surface area contributed by atoms with Gasteiger partial charge in [0.25, 0.3) is 5.89 Å². The second-order valence-electron chi connectivity index (χ2n) is 5.46. The predicted molar refractivity (Wildman–Crippen MR) is 94.0 cm³/mol. The van der Waals surface area contributed by atoms with Gasteiger partial charge in [0, 0.05) is 17.9 Å². The summed E-state index contributed by atoms with van der Waals surface area (Å²) in [5.74, 6) is 1.10. The number of aromatic nitrogens is 2. The van der Waals surface area contributed by atoms with Crippen molar-refractivity contribution in [3.63, 3.8) is 0 Å². The van der Waals surface area contributed by atoms with Gasteiger partial charge in [0.15, 0.2) is 11.9 Å². The van der Waals surface area contributed by atoms with E-state index in [0.29, 0.717) is 40.5 Å². The van der Waals surface area contributed by atoms with E-state index in [1.54, 1.807) is 25.1 Å². The van der Waals surface area contributed by atoms with Crippen molar-refractivity contribution in [3.05, 3.63) is 40.0 Å². The molecule has 1 unspecified atom stereocenters. The number of carbonyl (C=O) groups excluding carboxylic acids is 1. The molecule has 0 amide bonds. The van der Waals surface area contributed by atoms with Crippen molar-refractivity contribution in [2.24, 2.45) is 0 Å². The first kappa shape index (κ1) is 19.5. The molecule has 0 aliphatic rings. The summed E-state index contributed by atoms with van der Waals surface area (Å²) in [5, 5.41) is 4.81. The summed E-state index contributed by atoms with van der Waals surface area (Å²) >= 11 is 11.8. The number of aryl methyl sites for hydroxylation is 1. The third kappa shape index (κ3) is 6.21. The lowest BCUT2D eigenvalue weighted by Crippen LogP contribution is -2.10. The smallest absolute Gasteiger partial charge is 0.306 e. The molecule has 0 aliphatic carbocycles. The van der Waals surface area contributed by atoms with Crippen LogP contribution in [0.2, 0.25) is 10.0 Å². The fourth-order valence-electron chi connectivity index (χ4n) is 2.06. The zero-order valence-corrected chi connectivity index (χ0v) is 15.6. The molecule has 0 aliphatic heterocycles. The number of carbonyl (C=O) groups is 1. The second-order valence-corrected chi connectivity index (χ2v) is 6.30. The van der Waals surface area contributed by atoms with E-state index < -0.39 is 6.10 Å². The van der Waals surface area contributed by atoms with Crippen LogP contribution >= 0.6 is 23.2 Å². The maximum Gasteiger partial charge on any atom is 0.306 e. The van der Waals surface area contributed by atoms with E-state index in [2.05, 4.69) is 10.1 Å². The van der Waals surface area contributed by atoms with Gasteiger partial charge in [-0.15, -0.1) is 0 Å². The van der Waals surface area contributed by atoms with Crippen LogP contribution in [0.15, 0.2) is 22.7 Å². The fraction of sp³-hybridized carbons (Fsp3) is 0.471. The summed E-state index contributed by atoms with van der Waals surface area (Å²) in [6, 6.07) is 4.98. The fourth-order valence-corrected chi connectivity index (χ4v) is 2.52. The Balaban J connectivity index is 1.71. The molecule has 1 atom stereocenters. The van der Waals surface area contributed by atoms with Gasteiger partial charge in [-0.05, 0) is 38.0 Å². The van der Waals surface area contributed by atoms with Gasteiger partial charge in [0.1, 0.15) is 5.75 Å². The Morgan fingerprint density at radius 3 is 2.88 bits per heavy atom. The first-order chi connectivity index (χ1) is 12.0. The third-order valence-electron chi connectivity index (χ3n) is 3.29. The zero-order chi connectivity index (χ0) is 18.2. The van der Waals surface area contributed by atoms with E-state index in [4.69, 9.17) is 37.2 Å². The highest BCUT2D eigenvalue weighted by molar-refractivity contribution is 6.35. The minimum atomic E-state index is -0.572. The number of esters is 1. The van der Waals surface area contributed by atoms with Gasteiger partial charge < -0.3 is 14.0 Å². The van der Waals surface area contributed by atoms with Crippen molar-refractivity contribution < 1.29 is 18.8 Å². The molecule has 6 nitrogen and oxygen atoms in total. The summed E-state index contributed by atoms with van der Waals surface area (Å²) in [6.45, 7) is 4.07. The van der Waals surface area contributed by atoms with Crippen LogP contribution in [-0.2, 0) is 16.0 Å². The number of ether oxygens (including phenoxy) is 2. The Kier molecular flexibility index (Phi) is 7.52. The van der Waals surface area contributed by atoms with Crippen molar-refractivity contribution in [2.75, 3.05) is 6.61 Å². The van der Waals surface area contributed by atoms with E-state index in [9.17, 15) is 4.79 Å². The first-order valence-corrected chi connectivity index (χ1v) is 8.85. The first-order valence-electron chi connectivity index (χ1n) is 8.09. The Hall–Kier alpha value is -1.79. The molecule has 25 heavy (non-hydrogen) atoms. The van der Waals surface area contributed by atoms with Gasteiger partial charge in [-0.3, -0.25) is 4.79 Å². The van der Waals surface area contributed by atoms with E-state index in [-0.39, 0.29) is 12.4 Å². The van der Waals surface area contributed by atoms with Gasteiger partial charge in [-0.25, -0.2) is 0 Å². The van der Waals surface area contributed by atoms with Crippen LogP contribution in [-0.4, -0.2) is 22.7 Å². The van der Waals surface area contributed by atoms with Gasteiger partial charge in [-0.2, -0.15) is 4.98 Å². The standard InChI is InChI=1S/C17H20Cl2N2O4/c1-3-5-15-20-17(25-21-15)11(2)24-16(22)6-4-9-23-14-8-7-12(18)10-13(14)19/h7-8,10-11H,3-6,9H2,1-2H3. The SMILES string of the molecule is CCCc1noc(C(C)OC(=O)CCCOc2ccc(Cl)cc2Cl)n1. The van der Waals surface area contributed by atoms with Crippen molar-refractivity contribution in [3.8, 4) is 5.75 Å². The molecule has 0 bridgehead atoms. The summed E-state index contributed by atoms with van der Waals surface area (Å²) in [4.78, 5) is 16.1. The molecule has 1 aromatic carbocycles. The molecular weight excluding hydrogens is 367 g/mol. The summed E-state index contributed by atoms with van der Waals surface area (Å²) in [5.41, 5.74) is 0. The van der Waals surface area contributed by atoms with Crippen LogP contribution in [0.25, 0.3) is 0 Å². The quantitative estimate of drug-likeness (QED) is 0.455. The van der Waals surface area contributed by atoms with Crippen molar-refractivity contribution in [1.29, 1.82) is 0 Å². The molecule has 2 rings (SSSR count). The van der Waals surface area contributed by atoms with E-state index in [0.717, 1.165) is 12.8 Å². The van der Waals surface area contributed by atoms with Crippen LogP contribution in [0.3, 0.4) is 0 Å². The third-order valence-corrected chi connectivity index (χ3v) is 3.82. The van der Waals surface area contributed by atoms with E-state index >= 15 is 0 Å². The monoisotopic (exact) mass is 386 g/mol. The minimum Gasteiger partial charge on any atom is -0.492 e. The van der Waals surface area contributed by atoms with Crippen LogP contribution < -0.4 is 4.74 Å². The zero-order valence-electron chi connectivity index (χ0n) is 14.1. The molecule has 2 aromatic rings. The second kappa shape index (κ2) is 9.63. The molecule has 0 saturated heterocycles. The van der Waals surface area contributed by atoms with Crippen molar-refractivity contribution in [2.45, 2.75) is 45.6 Å². The molecule has 136 valence electrons. The lowest BCUT2D eigenvalue weighted by molar-refractivity contribution is -0.150. The maximum atomic E-state index is 11.9. The van der Waals surface area contributed by atoms with Crippen molar-refractivity contribution >= 4 is 29.2 Å². The molecule has 0 spiro atoms. The lowest BCUT2D eigenvalue weighted by Gasteiger charge is -2.10. The molecule has 1 aromatic heterocycles. The Morgan fingerprint density at radius 1 is 1.36 bits per heavy atom. The molecule has 8 heteroatoms. The topological polar surface area (TPSA) is 74.5 Å². The predicted octanol–water partition coefficient (Wildman–Crippen LogP) is 4.79. The largest absolute Gasteiger partial charge is 0.492 e. The average molecular weight is 387 g/mol. The number of benzene rings is 1. The van der Waals surface area contributed by atoms with E-state index in [1.165, 1.54) is 0 Å². The molecule has 0 N–H and O–H groups in total. The maximum absolute atomic E-state index is 11.9. The number of hydrogen-bond donors (Lipinski definition) is 0. The molecule has 0 radical (unpaired) electrons. The summed E-state index contributed by atoms with van der Waals surface area (Å²) in [7, 11) is 0. The van der Waals surface area contributed by atoms with E-state index in [1.807, 2.05) is 6.92 Å². The summed E-state index contributed by atoms with van der Waals surface area (Å²) < 4.78 is 15.9. The minimum absolute atomic E-state index is 0.214. The van der Waals surface area contributed by atoms with Gasteiger partial charge in [0.2, 0.25) is 0 Å². The highest BCUT2D eigenvalue weighted by Gasteiger charge is 2.18. The molecular formula is C17H20Cl2N2O4. The number of nitrogens with zero attached hydrogens (tertiary/aromatic N) is 2. The molecule has 0 saturated carbocycles. The van der Waals surface area contributed by atoms with Crippen molar-refractivity contribution in [1.82, 2.24) is 10.1 Å². The van der Waals surface area contributed by atoms with Gasteiger partial charge >= 0.3 is 5.97 Å². The van der Waals surface area contributed by atoms with Gasteiger partial charge in [-0.1, -0.05) is 35.3 Å². The number of hydrogen-bond acceptors (Lipinski definition) is 6.